The van der Waals surface area contributed by atoms with Crippen LogP contribution < -0.4 is 11.1 Å². The number of esters is 1. The molecule has 186 valence electrons. The highest BCUT2D eigenvalue weighted by molar-refractivity contribution is 6.40. The van der Waals surface area contributed by atoms with Crippen molar-refractivity contribution < 1.29 is 39.0 Å². The topological polar surface area (TPSA) is 172 Å². The molecule has 0 aliphatic carbocycles. The number of hydrogen-bond donors (Lipinski definition) is 5. The van der Waals surface area contributed by atoms with Gasteiger partial charge in [0.1, 0.15) is 11.6 Å². The van der Waals surface area contributed by atoms with E-state index in [1.54, 1.807) is 0 Å². The number of likely N-dealkylation sites (tertiary alicyclic amines) is 1. The molecule has 1 aromatic rings. The maximum atomic E-state index is 12.6. The van der Waals surface area contributed by atoms with Gasteiger partial charge in [-0.25, -0.2) is 4.79 Å². The van der Waals surface area contributed by atoms with Crippen LogP contribution in [-0.4, -0.2) is 82.7 Å². The first kappa shape index (κ1) is 25.9. The summed E-state index contributed by atoms with van der Waals surface area (Å²) in [5.41, 5.74) is 5.57. The average molecular weight is 477 g/mol. The van der Waals surface area contributed by atoms with Gasteiger partial charge in [-0.1, -0.05) is 43.2 Å². The zero-order valence-electron chi connectivity index (χ0n) is 19.0. The molecule has 6 N–H and O–H groups in total. The van der Waals surface area contributed by atoms with E-state index in [9.17, 15) is 19.5 Å². The Morgan fingerprint density at radius 1 is 1.21 bits per heavy atom. The van der Waals surface area contributed by atoms with Crippen LogP contribution in [0.4, 0.5) is 4.79 Å². The number of fused-ring (bicyclic) bond motifs is 1. The number of carbonyl (C=O) groups is 3. The maximum absolute atomic E-state index is 12.6. The first-order valence-corrected chi connectivity index (χ1v) is 11.5. The quantitative estimate of drug-likeness (QED) is 0.126. The molecule has 3 rings (SSSR count). The van der Waals surface area contributed by atoms with Crippen LogP contribution in [0.15, 0.2) is 30.3 Å². The number of rotatable bonds is 11. The van der Waals surface area contributed by atoms with Gasteiger partial charge < -0.3 is 35.3 Å². The van der Waals surface area contributed by atoms with E-state index in [1.807, 2.05) is 30.3 Å². The minimum absolute atomic E-state index is 0.177. The lowest BCUT2D eigenvalue weighted by Crippen LogP contribution is -2.52. The standard InChI is InChI=1S/C22H32BN3O8/c24-17(12-15-6-2-1-3-7-15)19(27)33-14-34-21(30)26-11-8-16-18(26)13-25-22(16,20(28)29)9-4-5-10-23(31)32/h1-3,6-7,16-18,25,31-32H,4-5,8-14,24H2,(H,28,29)/t16-,17-,18-,22+/m0/s1. The number of amides is 1. The minimum atomic E-state index is -1.41. The molecule has 34 heavy (non-hydrogen) atoms. The van der Waals surface area contributed by atoms with Gasteiger partial charge in [-0.15, -0.1) is 0 Å². The Kier molecular flexibility index (Phi) is 8.89. The second-order valence-electron chi connectivity index (χ2n) is 8.83. The van der Waals surface area contributed by atoms with E-state index in [0.29, 0.717) is 45.2 Å². The predicted octanol–water partition coefficient (Wildman–Crippen LogP) is -0.0461. The number of ether oxygens (including phenoxy) is 2. The summed E-state index contributed by atoms with van der Waals surface area (Å²) in [5, 5.41) is 31.0. The van der Waals surface area contributed by atoms with E-state index >= 15 is 0 Å². The monoisotopic (exact) mass is 477 g/mol. The lowest BCUT2D eigenvalue weighted by atomic mass is 9.77. The lowest BCUT2D eigenvalue weighted by Gasteiger charge is -2.30. The molecule has 2 aliphatic heterocycles. The summed E-state index contributed by atoms with van der Waals surface area (Å²) in [6, 6.07) is 7.99. The Morgan fingerprint density at radius 2 is 1.94 bits per heavy atom. The van der Waals surface area contributed by atoms with E-state index < -0.39 is 43.5 Å². The van der Waals surface area contributed by atoms with Gasteiger partial charge in [0.05, 0.1) is 6.04 Å². The van der Waals surface area contributed by atoms with Crippen molar-refractivity contribution >= 4 is 25.2 Å². The third kappa shape index (κ3) is 6.06. The number of aliphatic carboxylic acids is 1. The van der Waals surface area contributed by atoms with Crippen molar-refractivity contribution in [3.05, 3.63) is 35.9 Å². The fraction of sp³-hybridized carbons (Fsp3) is 0.591. The average Bonchev–Trinajstić information content (AvgIpc) is 3.38. The summed E-state index contributed by atoms with van der Waals surface area (Å²) in [6.07, 6.45) is 1.58. The molecule has 1 aromatic carbocycles. The van der Waals surface area contributed by atoms with Gasteiger partial charge in [-0.3, -0.25) is 14.9 Å². The van der Waals surface area contributed by atoms with E-state index in [-0.39, 0.29) is 18.3 Å². The van der Waals surface area contributed by atoms with Crippen LogP contribution in [0.25, 0.3) is 0 Å². The molecule has 12 heteroatoms. The largest absolute Gasteiger partial charge is 0.480 e. The van der Waals surface area contributed by atoms with Crippen LogP contribution in [0, 0.1) is 5.92 Å². The minimum Gasteiger partial charge on any atom is -0.480 e. The number of carboxylic acid groups (broad SMARTS) is 1. The van der Waals surface area contributed by atoms with Crippen LogP contribution in [0.5, 0.6) is 0 Å². The summed E-state index contributed by atoms with van der Waals surface area (Å²) in [6.45, 7) is 0.0627. The molecule has 2 aliphatic rings. The van der Waals surface area contributed by atoms with Crippen LogP contribution in [-0.2, 0) is 25.5 Å². The summed E-state index contributed by atoms with van der Waals surface area (Å²) < 4.78 is 10.1. The number of unbranched alkanes of at least 4 members (excludes halogenated alkanes) is 1. The molecule has 2 saturated heterocycles. The molecular formula is C22H32BN3O8. The first-order valence-electron chi connectivity index (χ1n) is 11.5. The fourth-order valence-corrected chi connectivity index (χ4v) is 4.95. The Morgan fingerprint density at radius 3 is 2.62 bits per heavy atom. The maximum Gasteiger partial charge on any atom is 0.451 e. The number of carboxylic acids is 1. The summed E-state index contributed by atoms with van der Waals surface area (Å²) in [7, 11) is -1.41. The molecular weight excluding hydrogens is 445 g/mol. The zero-order valence-corrected chi connectivity index (χ0v) is 19.0. The van der Waals surface area contributed by atoms with Crippen molar-refractivity contribution in [1.82, 2.24) is 10.2 Å². The smallest absolute Gasteiger partial charge is 0.451 e. The van der Waals surface area contributed by atoms with E-state index in [0.717, 1.165) is 5.56 Å². The van der Waals surface area contributed by atoms with Gasteiger partial charge in [0.15, 0.2) is 0 Å². The lowest BCUT2D eigenvalue weighted by molar-refractivity contribution is -0.154. The fourth-order valence-electron chi connectivity index (χ4n) is 4.95. The highest BCUT2D eigenvalue weighted by atomic mass is 16.7. The number of nitrogens with two attached hydrogens (primary N) is 1. The third-order valence-electron chi connectivity index (χ3n) is 6.69. The van der Waals surface area contributed by atoms with Crippen LogP contribution >= 0.6 is 0 Å². The van der Waals surface area contributed by atoms with Crippen molar-refractivity contribution in [1.29, 1.82) is 0 Å². The second kappa shape index (κ2) is 11.7. The van der Waals surface area contributed by atoms with Gasteiger partial charge in [-0.05, 0) is 31.1 Å². The summed E-state index contributed by atoms with van der Waals surface area (Å²) in [5.74, 6) is -1.98. The molecule has 2 fully saturated rings. The highest BCUT2D eigenvalue weighted by Gasteiger charge is 2.58. The Balaban J connectivity index is 1.47. The van der Waals surface area contributed by atoms with Crippen LogP contribution in [0.1, 0.15) is 31.2 Å². The normalized spacial score (nSPS) is 24.4. The zero-order chi connectivity index (χ0) is 24.7. The van der Waals surface area contributed by atoms with Gasteiger partial charge in [0.25, 0.3) is 0 Å². The highest BCUT2D eigenvalue weighted by Crippen LogP contribution is 2.41. The third-order valence-corrected chi connectivity index (χ3v) is 6.69. The Bertz CT molecular complexity index is 858. The van der Waals surface area contributed by atoms with Crippen molar-refractivity contribution in [3.8, 4) is 0 Å². The Hall–Kier alpha value is -2.67. The van der Waals surface area contributed by atoms with Crippen molar-refractivity contribution in [2.75, 3.05) is 19.9 Å². The molecule has 0 saturated carbocycles. The molecule has 0 unspecified atom stereocenters. The van der Waals surface area contributed by atoms with Gasteiger partial charge in [0.2, 0.25) is 6.79 Å². The molecule has 0 bridgehead atoms. The van der Waals surface area contributed by atoms with Gasteiger partial charge in [0, 0.05) is 19.0 Å². The van der Waals surface area contributed by atoms with E-state index in [1.165, 1.54) is 4.90 Å². The number of nitrogens with one attached hydrogen (secondary N) is 1. The number of nitrogens with zero attached hydrogens (tertiary/aromatic N) is 1. The van der Waals surface area contributed by atoms with Crippen LogP contribution in [0.2, 0.25) is 6.32 Å². The molecule has 4 atom stereocenters. The molecule has 0 radical (unpaired) electrons. The molecule has 0 aromatic heterocycles. The van der Waals surface area contributed by atoms with E-state index in [4.69, 9.17) is 25.3 Å². The number of benzene rings is 1. The molecule has 1 amide bonds. The predicted molar refractivity (Wildman–Crippen MR) is 121 cm³/mol. The van der Waals surface area contributed by atoms with Crippen LogP contribution in [0.3, 0.4) is 0 Å². The van der Waals surface area contributed by atoms with Gasteiger partial charge >= 0.3 is 25.2 Å². The molecule has 2 heterocycles. The first-order chi connectivity index (χ1) is 16.2. The van der Waals surface area contributed by atoms with Gasteiger partial charge in [-0.2, -0.15) is 0 Å². The summed E-state index contributed by atoms with van der Waals surface area (Å²) in [4.78, 5) is 38.3. The van der Waals surface area contributed by atoms with Crippen molar-refractivity contribution in [3.63, 3.8) is 0 Å². The number of hydrogen-bond acceptors (Lipinski definition) is 9. The molecule has 11 nitrogen and oxygen atoms in total. The van der Waals surface area contributed by atoms with Crippen molar-refractivity contribution in [2.24, 2.45) is 11.7 Å². The number of carbonyl (C=O) groups excluding carboxylic acids is 2. The molecule has 0 spiro atoms. The Labute approximate surface area is 198 Å². The second-order valence-corrected chi connectivity index (χ2v) is 8.83. The summed E-state index contributed by atoms with van der Waals surface area (Å²) >= 11 is 0. The SMILES string of the molecule is N[C@@H](Cc1ccccc1)C(=O)OCOC(=O)N1CC[C@H]2[C@@H]1CN[C@@]2(CCCCB(O)O)C(=O)O. The van der Waals surface area contributed by atoms with Crippen molar-refractivity contribution in [2.45, 2.75) is 56.0 Å². The van der Waals surface area contributed by atoms with E-state index in [2.05, 4.69) is 5.32 Å².